The quantitative estimate of drug-likeness (QED) is 0.819. The lowest BCUT2D eigenvalue weighted by molar-refractivity contribution is 0.406. The molecular weight excluding hydrogens is 338 g/mol. The van der Waals surface area contributed by atoms with Crippen molar-refractivity contribution in [2.75, 3.05) is 7.11 Å². The molecular formula is C16H17BrClNO. The van der Waals surface area contributed by atoms with E-state index in [9.17, 15) is 0 Å². The maximum absolute atomic E-state index is 6.03. The Morgan fingerprint density at radius 2 is 1.90 bits per heavy atom. The van der Waals surface area contributed by atoms with Crippen molar-refractivity contribution in [3.63, 3.8) is 0 Å². The number of halogens is 2. The van der Waals surface area contributed by atoms with Gasteiger partial charge in [-0.15, -0.1) is 0 Å². The van der Waals surface area contributed by atoms with Crippen LogP contribution in [0, 0.1) is 0 Å². The number of hydrogen-bond donors (Lipinski definition) is 1. The maximum Gasteiger partial charge on any atom is 0.123 e. The molecule has 2 aromatic rings. The van der Waals surface area contributed by atoms with E-state index in [2.05, 4.69) is 40.3 Å². The number of hydrogen-bond acceptors (Lipinski definition) is 2. The van der Waals surface area contributed by atoms with Crippen molar-refractivity contribution in [3.05, 3.63) is 63.1 Å². The van der Waals surface area contributed by atoms with Gasteiger partial charge in [-0.2, -0.15) is 0 Å². The van der Waals surface area contributed by atoms with Crippen molar-refractivity contribution in [3.8, 4) is 5.75 Å². The van der Waals surface area contributed by atoms with Crippen LogP contribution in [0.25, 0.3) is 0 Å². The first kappa shape index (κ1) is 15.4. The third-order valence-electron chi connectivity index (χ3n) is 3.21. The van der Waals surface area contributed by atoms with Crippen molar-refractivity contribution in [2.45, 2.75) is 19.5 Å². The standard InChI is InChI=1S/C16H17BrClNO/c1-11(12-3-5-14(17)6-4-12)19-10-13-9-15(18)7-8-16(13)20-2/h3-9,11,19H,10H2,1-2H3. The van der Waals surface area contributed by atoms with Gasteiger partial charge < -0.3 is 10.1 Å². The van der Waals surface area contributed by atoms with E-state index in [0.29, 0.717) is 6.54 Å². The molecule has 0 spiro atoms. The summed E-state index contributed by atoms with van der Waals surface area (Å²) in [5, 5.41) is 4.20. The summed E-state index contributed by atoms with van der Waals surface area (Å²) in [4.78, 5) is 0. The Kier molecular flexibility index (Phi) is 5.46. The molecule has 0 fully saturated rings. The highest BCUT2D eigenvalue weighted by Crippen LogP contribution is 2.23. The second-order valence-electron chi connectivity index (χ2n) is 4.61. The fourth-order valence-corrected chi connectivity index (χ4v) is 2.48. The molecule has 0 heterocycles. The van der Waals surface area contributed by atoms with Crippen LogP contribution in [0.15, 0.2) is 46.9 Å². The van der Waals surface area contributed by atoms with Crippen LogP contribution in [0.1, 0.15) is 24.1 Å². The van der Waals surface area contributed by atoms with Gasteiger partial charge >= 0.3 is 0 Å². The smallest absolute Gasteiger partial charge is 0.123 e. The second kappa shape index (κ2) is 7.11. The number of rotatable bonds is 5. The molecule has 20 heavy (non-hydrogen) atoms. The van der Waals surface area contributed by atoms with Gasteiger partial charge in [-0.05, 0) is 42.8 Å². The van der Waals surface area contributed by atoms with Crippen LogP contribution < -0.4 is 10.1 Å². The molecule has 0 aromatic heterocycles. The van der Waals surface area contributed by atoms with Gasteiger partial charge in [0, 0.05) is 27.6 Å². The molecule has 1 unspecified atom stereocenters. The SMILES string of the molecule is COc1ccc(Cl)cc1CNC(C)c1ccc(Br)cc1. The van der Waals surface area contributed by atoms with E-state index in [1.54, 1.807) is 7.11 Å². The molecule has 1 N–H and O–H groups in total. The van der Waals surface area contributed by atoms with Gasteiger partial charge in [0.2, 0.25) is 0 Å². The average molecular weight is 355 g/mol. The lowest BCUT2D eigenvalue weighted by Crippen LogP contribution is -2.18. The predicted molar refractivity (Wildman–Crippen MR) is 87.4 cm³/mol. The number of nitrogens with one attached hydrogen (secondary N) is 1. The Balaban J connectivity index is 2.04. The van der Waals surface area contributed by atoms with Crippen molar-refractivity contribution >= 4 is 27.5 Å². The third-order valence-corrected chi connectivity index (χ3v) is 3.97. The van der Waals surface area contributed by atoms with E-state index >= 15 is 0 Å². The van der Waals surface area contributed by atoms with E-state index in [-0.39, 0.29) is 6.04 Å². The molecule has 0 saturated heterocycles. The summed E-state index contributed by atoms with van der Waals surface area (Å²) < 4.78 is 6.44. The van der Waals surface area contributed by atoms with Crippen LogP contribution in [0.5, 0.6) is 5.75 Å². The highest BCUT2D eigenvalue weighted by molar-refractivity contribution is 9.10. The first-order valence-corrected chi connectivity index (χ1v) is 7.58. The summed E-state index contributed by atoms with van der Waals surface area (Å²) in [5.41, 5.74) is 2.30. The molecule has 0 amide bonds. The fourth-order valence-electron chi connectivity index (χ4n) is 2.02. The predicted octanol–water partition coefficient (Wildman–Crippen LogP) is 4.96. The number of methoxy groups -OCH3 is 1. The zero-order valence-corrected chi connectivity index (χ0v) is 13.8. The molecule has 4 heteroatoms. The lowest BCUT2D eigenvalue weighted by Gasteiger charge is -2.16. The summed E-state index contributed by atoms with van der Waals surface area (Å²) in [6, 6.07) is 14.2. The summed E-state index contributed by atoms with van der Waals surface area (Å²) in [6.45, 7) is 2.85. The third kappa shape index (κ3) is 3.98. The zero-order valence-electron chi connectivity index (χ0n) is 11.5. The van der Waals surface area contributed by atoms with Gasteiger partial charge in [-0.1, -0.05) is 39.7 Å². The van der Waals surface area contributed by atoms with Gasteiger partial charge in [0.15, 0.2) is 0 Å². The minimum absolute atomic E-state index is 0.256. The first-order valence-electron chi connectivity index (χ1n) is 6.41. The van der Waals surface area contributed by atoms with Gasteiger partial charge in [0.05, 0.1) is 7.11 Å². The van der Waals surface area contributed by atoms with Crippen LogP contribution in [-0.4, -0.2) is 7.11 Å². The normalized spacial score (nSPS) is 12.2. The molecule has 2 rings (SSSR count). The van der Waals surface area contributed by atoms with Crippen molar-refractivity contribution < 1.29 is 4.74 Å². The molecule has 106 valence electrons. The minimum atomic E-state index is 0.256. The topological polar surface area (TPSA) is 21.3 Å². The first-order chi connectivity index (χ1) is 9.60. The zero-order chi connectivity index (χ0) is 14.5. The minimum Gasteiger partial charge on any atom is -0.496 e. The van der Waals surface area contributed by atoms with E-state index in [4.69, 9.17) is 16.3 Å². The van der Waals surface area contributed by atoms with Crippen LogP contribution in [0.2, 0.25) is 5.02 Å². The van der Waals surface area contributed by atoms with Crippen molar-refractivity contribution in [1.29, 1.82) is 0 Å². The molecule has 0 saturated carbocycles. The Morgan fingerprint density at radius 3 is 2.55 bits per heavy atom. The molecule has 1 atom stereocenters. The van der Waals surface area contributed by atoms with Crippen LogP contribution in [0.4, 0.5) is 0 Å². The molecule has 0 aliphatic heterocycles. The highest BCUT2D eigenvalue weighted by Gasteiger charge is 2.08. The largest absolute Gasteiger partial charge is 0.496 e. The van der Waals surface area contributed by atoms with E-state index < -0.39 is 0 Å². The molecule has 2 aromatic carbocycles. The van der Waals surface area contributed by atoms with Gasteiger partial charge in [-0.25, -0.2) is 0 Å². The Morgan fingerprint density at radius 1 is 1.20 bits per heavy atom. The molecule has 0 bridgehead atoms. The van der Waals surface area contributed by atoms with Crippen molar-refractivity contribution in [2.24, 2.45) is 0 Å². The maximum atomic E-state index is 6.03. The summed E-state index contributed by atoms with van der Waals surface area (Å²) in [5.74, 6) is 0.852. The summed E-state index contributed by atoms with van der Waals surface area (Å²) >= 11 is 9.48. The molecule has 0 aliphatic rings. The molecule has 0 aliphatic carbocycles. The summed E-state index contributed by atoms with van der Waals surface area (Å²) in [6.07, 6.45) is 0. The van der Waals surface area contributed by atoms with E-state index in [1.807, 2.05) is 30.3 Å². The Labute approximate surface area is 133 Å². The Bertz CT molecular complexity index is 571. The lowest BCUT2D eigenvalue weighted by atomic mass is 10.1. The monoisotopic (exact) mass is 353 g/mol. The fraction of sp³-hybridized carbons (Fsp3) is 0.250. The highest BCUT2D eigenvalue weighted by atomic mass is 79.9. The number of ether oxygens (including phenoxy) is 1. The van der Waals surface area contributed by atoms with Crippen molar-refractivity contribution in [1.82, 2.24) is 5.32 Å². The van der Waals surface area contributed by atoms with Gasteiger partial charge in [0.1, 0.15) is 5.75 Å². The Hall–Kier alpha value is -1.03. The van der Waals surface area contributed by atoms with Gasteiger partial charge in [0.25, 0.3) is 0 Å². The van der Waals surface area contributed by atoms with Crippen LogP contribution in [-0.2, 0) is 6.54 Å². The van der Waals surface area contributed by atoms with E-state index in [1.165, 1.54) is 5.56 Å². The van der Waals surface area contributed by atoms with E-state index in [0.717, 1.165) is 20.8 Å². The average Bonchev–Trinajstić information content (AvgIpc) is 2.45. The van der Waals surface area contributed by atoms with Crippen LogP contribution in [0.3, 0.4) is 0 Å². The second-order valence-corrected chi connectivity index (χ2v) is 5.96. The molecule has 0 radical (unpaired) electrons. The molecule has 2 nitrogen and oxygen atoms in total. The number of benzene rings is 2. The summed E-state index contributed by atoms with van der Waals surface area (Å²) in [7, 11) is 1.67. The van der Waals surface area contributed by atoms with Crippen LogP contribution >= 0.6 is 27.5 Å². The van der Waals surface area contributed by atoms with Gasteiger partial charge in [-0.3, -0.25) is 0 Å².